The van der Waals surface area contributed by atoms with E-state index in [4.69, 9.17) is 4.98 Å². The SMILES string of the molecule is CC(NC(=O)C1CC12CCNCC2)c1nc(C(C)(C)C)cs1. The molecular formula is C17H27N3OS. The monoisotopic (exact) mass is 321 g/mol. The van der Waals surface area contributed by atoms with Crippen LogP contribution in [0.25, 0.3) is 0 Å². The van der Waals surface area contributed by atoms with E-state index < -0.39 is 0 Å². The predicted molar refractivity (Wildman–Crippen MR) is 90.0 cm³/mol. The molecule has 0 radical (unpaired) electrons. The summed E-state index contributed by atoms with van der Waals surface area (Å²) in [6.45, 7) is 10.7. The zero-order chi connectivity index (χ0) is 16.0. The Hall–Kier alpha value is -0.940. The number of hydrogen-bond acceptors (Lipinski definition) is 4. The van der Waals surface area contributed by atoms with Gasteiger partial charge in [-0.3, -0.25) is 4.79 Å². The molecule has 1 amide bonds. The van der Waals surface area contributed by atoms with Crippen LogP contribution in [0.4, 0.5) is 0 Å². The summed E-state index contributed by atoms with van der Waals surface area (Å²) in [6.07, 6.45) is 3.36. The second-order valence-electron chi connectivity index (χ2n) is 7.92. The lowest BCUT2D eigenvalue weighted by Gasteiger charge is -2.23. The van der Waals surface area contributed by atoms with Crippen molar-refractivity contribution in [3.63, 3.8) is 0 Å². The van der Waals surface area contributed by atoms with Crippen LogP contribution in [0.3, 0.4) is 0 Å². The molecule has 1 aromatic heterocycles. The summed E-state index contributed by atoms with van der Waals surface area (Å²) in [5.41, 5.74) is 1.47. The van der Waals surface area contributed by atoms with Crippen LogP contribution in [-0.2, 0) is 10.2 Å². The third-order valence-electron chi connectivity index (χ3n) is 5.13. The van der Waals surface area contributed by atoms with E-state index in [1.54, 1.807) is 11.3 Å². The molecule has 1 aromatic rings. The first kappa shape index (κ1) is 15.9. The molecule has 2 unspecified atom stereocenters. The summed E-state index contributed by atoms with van der Waals surface area (Å²) < 4.78 is 0. The highest BCUT2D eigenvalue weighted by atomic mass is 32.1. The highest BCUT2D eigenvalue weighted by molar-refractivity contribution is 7.09. The van der Waals surface area contributed by atoms with Crippen molar-refractivity contribution in [2.75, 3.05) is 13.1 Å². The number of carbonyl (C=O) groups is 1. The topological polar surface area (TPSA) is 54.0 Å². The molecule has 2 N–H and O–H groups in total. The molecule has 4 nitrogen and oxygen atoms in total. The molecule has 2 atom stereocenters. The zero-order valence-corrected chi connectivity index (χ0v) is 14.8. The van der Waals surface area contributed by atoms with Crippen LogP contribution in [0.1, 0.15) is 63.7 Å². The molecule has 2 aliphatic rings. The minimum atomic E-state index is 0.00738. The Morgan fingerprint density at radius 2 is 2.14 bits per heavy atom. The third kappa shape index (κ3) is 3.06. The molecule has 22 heavy (non-hydrogen) atoms. The van der Waals surface area contributed by atoms with E-state index in [1.165, 1.54) is 0 Å². The Labute approximate surface area is 137 Å². The van der Waals surface area contributed by atoms with Gasteiger partial charge >= 0.3 is 0 Å². The Kier molecular flexibility index (Phi) is 4.06. The number of nitrogens with one attached hydrogen (secondary N) is 2. The Balaban J connectivity index is 1.59. The standard InChI is InChI=1S/C17H27N3OS/c1-11(15-20-13(10-22-15)16(2,3)4)19-14(21)12-9-17(12)5-7-18-8-6-17/h10-12,18H,5-9H2,1-4H3,(H,19,21). The highest BCUT2D eigenvalue weighted by Crippen LogP contribution is 2.58. The summed E-state index contributed by atoms with van der Waals surface area (Å²) >= 11 is 1.65. The van der Waals surface area contributed by atoms with Gasteiger partial charge < -0.3 is 10.6 Å². The Morgan fingerprint density at radius 1 is 1.45 bits per heavy atom. The molecule has 122 valence electrons. The maximum absolute atomic E-state index is 12.5. The number of piperidine rings is 1. The molecule has 0 aromatic carbocycles. The van der Waals surface area contributed by atoms with Crippen LogP contribution in [0.15, 0.2) is 5.38 Å². The summed E-state index contributed by atoms with van der Waals surface area (Å²) in [5.74, 6) is 0.445. The molecule has 3 rings (SSSR count). The fourth-order valence-electron chi connectivity index (χ4n) is 3.40. The molecular weight excluding hydrogens is 294 g/mol. The highest BCUT2D eigenvalue weighted by Gasteiger charge is 2.57. The van der Waals surface area contributed by atoms with Crippen molar-refractivity contribution in [1.82, 2.24) is 15.6 Å². The van der Waals surface area contributed by atoms with Crippen LogP contribution in [0.5, 0.6) is 0 Å². The van der Waals surface area contributed by atoms with E-state index in [9.17, 15) is 4.79 Å². The van der Waals surface area contributed by atoms with E-state index in [1.807, 2.05) is 6.92 Å². The summed E-state index contributed by atoms with van der Waals surface area (Å²) in [6, 6.07) is 0.00738. The second kappa shape index (κ2) is 5.60. The van der Waals surface area contributed by atoms with E-state index in [-0.39, 0.29) is 23.3 Å². The minimum absolute atomic E-state index is 0.00738. The van der Waals surface area contributed by atoms with E-state index in [0.717, 1.165) is 43.1 Å². The van der Waals surface area contributed by atoms with Crippen molar-refractivity contribution in [3.8, 4) is 0 Å². The lowest BCUT2D eigenvalue weighted by atomic mass is 9.91. The molecule has 1 spiro atoms. The molecule has 1 aliphatic heterocycles. The van der Waals surface area contributed by atoms with Gasteiger partial charge in [0.15, 0.2) is 0 Å². The summed E-state index contributed by atoms with van der Waals surface area (Å²) in [5, 5.41) is 9.69. The quantitative estimate of drug-likeness (QED) is 0.900. The number of thiazole rings is 1. The molecule has 2 fully saturated rings. The minimum Gasteiger partial charge on any atom is -0.347 e. The second-order valence-corrected chi connectivity index (χ2v) is 8.81. The number of amides is 1. The van der Waals surface area contributed by atoms with Crippen LogP contribution in [-0.4, -0.2) is 24.0 Å². The van der Waals surface area contributed by atoms with Crippen LogP contribution in [0.2, 0.25) is 0 Å². The van der Waals surface area contributed by atoms with Gasteiger partial charge in [-0.15, -0.1) is 11.3 Å². The van der Waals surface area contributed by atoms with Gasteiger partial charge in [-0.2, -0.15) is 0 Å². The van der Waals surface area contributed by atoms with Crippen LogP contribution >= 0.6 is 11.3 Å². The molecule has 2 heterocycles. The molecule has 1 saturated carbocycles. The van der Waals surface area contributed by atoms with Crippen LogP contribution in [0, 0.1) is 11.3 Å². The van der Waals surface area contributed by atoms with Gasteiger partial charge in [0.2, 0.25) is 5.91 Å². The summed E-state index contributed by atoms with van der Waals surface area (Å²) in [7, 11) is 0. The average Bonchev–Trinajstić information content (AvgIpc) is 2.92. The van der Waals surface area contributed by atoms with Crippen LogP contribution < -0.4 is 10.6 Å². The first-order valence-electron chi connectivity index (χ1n) is 8.29. The smallest absolute Gasteiger partial charge is 0.224 e. The summed E-state index contributed by atoms with van der Waals surface area (Å²) in [4.78, 5) is 17.2. The Morgan fingerprint density at radius 3 is 2.73 bits per heavy atom. The predicted octanol–water partition coefficient (Wildman–Crippen LogP) is 3.01. The van der Waals surface area contributed by atoms with Gasteiger partial charge in [-0.1, -0.05) is 20.8 Å². The fourth-order valence-corrected chi connectivity index (χ4v) is 4.46. The van der Waals surface area contributed by atoms with Crippen molar-refractivity contribution in [1.29, 1.82) is 0 Å². The van der Waals surface area contributed by atoms with Gasteiger partial charge in [-0.25, -0.2) is 4.98 Å². The van der Waals surface area contributed by atoms with Crippen molar-refractivity contribution >= 4 is 17.2 Å². The van der Waals surface area contributed by atoms with Crippen molar-refractivity contribution in [3.05, 3.63) is 16.1 Å². The maximum atomic E-state index is 12.5. The first-order valence-corrected chi connectivity index (χ1v) is 9.17. The van der Waals surface area contributed by atoms with E-state index in [0.29, 0.717) is 5.41 Å². The molecule has 0 bridgehead atoms. The number of rotatable bonds is 3. The first-order chi connectivity index (χ1) is 10.3. The van der Waals surface area contributed by atoms with E-state index in [2.05, 4.69) is 36.8 Å². The number of carbonyl (C=O) groups excluding carboxylic acids is 1. The fraction of sp³-hybridized carbons (Fsp3) is 0.765. The van der Waals surface area contributed by atoms with Crippen molar-refractivity contribution in [2.24, 2.45) is 11.3 Å². The largest absolute Gasteiger partial charge is 0.347 e. The Bertz CT molecular complexity index is 554. The lowest BCUT2D eigenvalue weighted by molar-refractivity contribution is -0.123. The normalized spacial score (nSPS) is 25.0. The molecule has 1 aliphatic carbocycles. The van der Waals surface area contributed by atoms with Gasteiger partial charge in [0.1, 0.15) is 5.01 Å². The van der Waals surface area contributed by atoms with E-state index >= 15 is 0 Å². The van der Waals surface area contributed by atoms with Gasteiger partial charge in [0, 0.05) is 16.7 Å². The van der Waals surface area contributed by atoms with Crippen molar-refractivity contribution in [2.45, 2.75) is 58.4 Å². The number of hydrogen-bond donors (Lipinski definition) is 2. The van der Waals surface area contributed by atoms with Gasteiger partial charge in [-0.05, 0) is 44.7 Å². The molecule has 1 saturated heterocycles. The number of aromatic nitrogens is 1. The average molecular weight is 321 g/mol. The molecule has 5 heteroatoms. The zero-order valence-electron chi connectivity index (χ0n) is 14.0. The number of nitrogens with zero attached hydrogens (tertiary/aromatic N) is 1. The maximum Gasteiger partial charge on any atom is 0.224 e. The van der Waals surface area contributed by atoms with Gasteiger partial charge in [0.25, 0.3) is 0 Å². The lowest BCUT2D eigenvalue weighted by Crippen LogP contribution is -2.34. The van der Waals surface area contributed by atoms with Gasteiger partial charge in [0.05, 0.1) is 11.7 Å². The third-order valence-corrected chi connectivity index (χ3v) is 6.15. The van der Waals surface area contributed by atoms with Crippen molar-refractivity contribution < 1.29 is 4.79 Å².